The van der Waals surface area contributed by atoms with E-state index in [1.54, 1.807) is 30.2 Å². The van der Waals surface area contributed by atoms with Crippen LogP contribution < -0.4 is 14.4 Å². The van der Waals surface area contributed by atoms with Crippen LogP contribution in [0, 0.1) is 0 Å². The van der Waals surface area contributed by atoms with Gasteiger partial charge in [-0.3, -0.25) is 4.79 Å². The zero-order valence-electron chi connectivity index (χ0n) is 8.97. The van der Waals surface area contributed by atoms with Crippen molar-refractivity contribution >= 4 is 11.7 Å². The van der Waals surface area contributed by atoms with Crippen LogP contribution in [0.5, 0.6) is 11.5 Å². The van der Waals surface area contributed by atoms with Gasteiger partial charge in [-0.15, -0.1) is 0 Å². The van der Waals surface area contributed by atoms with Crippen LogP contribution >= 0.6 is 0 Å². The molecule has 1 aliphatic rings. The van der Waals surface area contributed by atoms with Crippen LogP contribution in [0.4, 0.5) is 5.69 Å². The van der Waals surface area contributed by atoms with E-state index in [2.05, 4.69) is 0 Å². The summed E-state index contributed by atoms with van der Waals surface area (Å²) in [6.07, 6.45) is 0. The quantitative estimate of drug-likeness (QED) is 0.827. The monoisotopic (exact) mass is 223 g/mol. The lowest BCUT2D eigenvalue weighted by molar-refractivity contribution is -0.135. The topological polar surface area (TPSA) is 59.0 Å². The van der Waals surface area contributed by atoms with Gasteiger partial charge in [-0.1, -0.05) is 0 Å². The average molecular weight is 223 g/mol. The molecule has 1 heterocycles. The van der Waals surface area contributed by atoms with Crippen LogP contribution in [0.15, 0.2) is 18.2 Å². The van der Waals surface area contributed by atoms with Crippen molar-refractivity contribution in [2.24, 2.45) is 0 Å². The van der Waals surface area contributed by atoms with Gasteiger partial charge in [0.15, 0.2) is 0 Å². The number of nitrogens with zero attached hydrogens (tertiary/aromatic N) is 1. The maximum atomic E-state index is 10.7. The highest BCUT2D eigenvalue weighted by Gasteiger charge is 2.20. The van der Waals surface area contributed by atoms with Crippen LogP contribution in [0.1, 0.15) is 0 Å². The predicted molar refractivity (Wildman–Crippen MR) is 58.3 cm³/mol. The lowest BCUT2D eigenvalue weighted by atomic mass is 10.2. The van der Waals surface area contributed by atoms with E-state index in [-0.39, 0.29) is 6.54 Å². The summed E-state index contributed by atoms with van der Waals surface area (Å²) in [6.45, 7) is 1.06. The number of carbonyl (C=O) groups is 1. The summed E-state index contributed by atoms with van der Waals surface area (Å²) in [6, 6.07) is 5.38. The summed E-state index contributed by atoms with van der Waals surface area (Å²) in [5, 5.41) is 8.80. The van der Waals surface area contributed by atoms with Gasteiger partial charge in [0.05, 0.1) is 19.3 Å². The minimum Gasteiger partial charge on any atom is -0.497 e. The molecule has 5 heteroatoms. The van der Waals surface area contributed by atoms with Crippen molar-refractivity contribution in [1.29, 1.82) is 0 Å². The number of anilines is 1. The Morgan fingerprint density at radius 2 is 2.44 bits per heavy atom. The van der Waals surface area contributed by atoms with Crippen LogP contribution in [0.3, 0.4) is 0 Å². The zero-order valence-corrected chi connectivity index (χ0v) is 8.97. The van der Waals surface area contributed by atoms with E-state index < -0.39 is 5.97 Å². The average Bonchev–Trinajstić information content (AvgIpc) is 2.28. The second-order valence-corrected chi connectivity index (χ2v) is 3.50. The van der Waals surface area contributed by atoms with Gasteiger partial charge in [-0.05, 0) is 12.1 Å². The highest BCUT2D eigenvalue weighted by atomic mass is 16.5. The molecule has 0 bridgehead atoms. The van der Waals surface area contributed by atoms with Crippen LogP contribution in [0.2, 0.25) is 0 Å². The first-order chi connectivity index (χ1) is 7.70. The Morgan fingerprint density at radius 1 is 1.62 bits per heavy atom. The maximum absolute atomic E-state index is 10.7. The number of hydrogen-bond donors (Lipinski definition) is 1. The largest absolute Gasteiger partial charge is 0.497 e. The molecular formula is C11H13NO4. The third kappa shape index (κ3) is 2.03. The lowest BCUT2D eigenvalue weighted by Gasteiger charge is -2.30. The maximum Gasteiger partial charge on any atom is 0.323 e. The molecule has 0 saturated heterocycles. The van der Waals surface area contributed by atoms with Gasteiger partial charge in [-0.25, -0.2) is 0 Å². The van der Waals surface area contributed by atoms with Crippen molar-refractivity contribution in [3.05, 3.63) is 18.2 Å². The van der Waals surface area contributed by atoms with E-state index in [1.165, 1.54) is 0 Å². The Balaban J connectivity index is 2.31. The van der Waals surface area contributed by atoms with Gasteiger partial charge in [0.1, 0.15) is 24.7 Å². The molecule has 0 spiro atoms. The van der Waals surface area contributed by atoms with Crippen LogP contribution in [0.25, 0.3) is 0 Å². The Labute approximate surface area is 93.2 Å². The number of rotatable bonds is 3. The number of ether oxygens (including phenoxy) is 2. The van der Waals surface area contributed by atoms with Crippen molar-refractivity contribution in [3.8, 4) is 11.5 Å². The molecule has 16 heavy (non-hydrogen) atoms. The summed E-state index contributed by atoms with van der Waals surface area (Å²) in [7, 11) is 1.58. The normalized spacial score (nSPS) is 13.9. The first-order valence-electron chi connectivity index (χ1n) is 4.98. The molecule has 0 aliphatic carbocycles. The third-order valence-electron chi connectivity index (χ3n) is 2.45. The number of hydrogen-bond acceptors (Lipinski definition) is 4. The van der Waals surface area contributed by atoms with Crippen LogP contribution in [-0.2, 0) is 4.79 Å². The van der Waals surface area contributed by atoms with E-state index >= 15 is 0 Å². The van der Waals surface area contributed by atoms with E-state index in [1.807, 2.05) is 0 Å². The summed E-state index contributed by atoms with van der Waals surface area (Å²) >= 11 is 0. The van der Waals surface area contributed by atoms with Gasteiger partial charge in [0.25, 0.3) is 0 Å². The Bertz CT molecular complexity index is 405. The van der Waals surface area contributed by atoms with Gasteiger partial charge < -0.3 is 19.5 Å². The van der Waals surface area contributed by atoms with E-state index in [0.29, 0.717) is 24.7 Å². The highest BCUT2D eigenvalue weighted by molar-refractivity contribution is 5.76. The Kier molecular flexibility index (Phi) is 2.85. The number of fused-ring (bicyclic) bond motifs is 1. The Morgan fingerprint density at radius 3 is 3.12 bits per heavy atom. The minimum atomic E-state index is -0.851. The van der Waals surface area contributed by atoms with Crippen molar-refractivity contribution in [3.63, 3.8) is 0 Å². The number of carboxylic acid groups (broad SMARTS) is 1. The molecule has 1 aromatic rings. The second-order valence-electron chi connectivity index (χ2n) is 3.50. The number of benzene rings is 1. The molecular weight excluding hydrogens is 210 g/mol. The number of carboxylic acids is 1. The fraction of sp³-hybridized carbons (Fsp3) is 0.364. The molecule has 0 amide bonds. The van der Waals surface area contributed by atoms with Crippen LogP contribution in [-0.4, -0.2) is 37.9 Å². The summed E-state index contributed by atoms with van der Waals surface area (Å²) < 4.78 is 10.5. The van der Waals surface area contributed by atoms with Crippen molar-refractivity contribution < 1.29 is 19.4 Å². The zero-order chi connectivity index (χ0) is 11.5. The molecule has 0 aromatic heterocycles. The predicted octanol–water partition coefficient (Wildman–Crippen LogP) is 0.979. The van der Waals surface area contributed by atoms with Crippen molar-refractivity contribution in [2.75, 3.05) is 31.7 Å². The molecule has 0 fully saturated rings. The third-order valence-corrected chi connectivity index (χ3v) is 2.45. The molecule has 1 aromatic carbocycles. The molecule has 5 nitrogen and oxygen atoms in total. The van der Waals surface area contributed by atoms with Gasteiger partial charge in [0.2, 0.25) is 0 Å². The molecule has 86 valence electrons. The smallest absolute Gasteiger partial charge is 0.323 e. The molecule has 0 atom stereocenters. The van der Waals surface area contributed by atoms with E-state index in [4.69, 9.17) is 14.6 Å². The molecule has 2 rings (SSSR count). The fourth-order valence-electron chi connectivity index (χ4n) is 1.71. The summed E-state index contributed by atoms with van der Waals surface area (Å²) in [4.78, 5) is 12.5. The lowest BCUT2D eigenvalue weighted by Crippen LogP contribution is -2.36. The summed E-state index contributed by atoms with van der Waals surface area (Å²) in [5.74, 6) is 0.545. The molecule has 0 saturated carbocycles. The molecule has 1 aliphatic heterocycles. The molecule has 0 radical (unpaired) electrons. The van der Waals surface area contributed by atoms with Crippen molar-refractivity contribution in [1.82, 2.24) is 0 Å². The standard InChI is InChI=1S/C11H13NO4/c1-15-8-2-3-10-9(6-8)12(4-5-16-10)7-11(13)14/h2-3,6H,4-5,7H2,1H3,(H,13,14). The molecule has 0 unspecified atom stereocenters. The van der Waals surface area contributed by atoms with Crippen molar-refractivity contribution in [2.45, 2.75) is 0 Å². The fourth-order valence-corrected chi connectivity index (χ4v) is 1.71. The second kappa shape index (κ2) is 4.30. The van der Waals surface area contributed by atoms with E-state index in [9.17, 15) is 4.79 Å². The summed E-state index contributed by atoms with van der Waals surface area (Å²) in [5.41, 5.74) is 0.771. The SMILES string of the molecule is COc1ccc2c(c1)N(CC(=O)O)CCO2. The van der Waals surface area contributed by atoms with Gasteiger partial charge in [-0.2, -0.15) is 0 Å². The minimum absolute atomic E-state index is 0.0243. The first-order valence-corrected chi connectivity index (χ1v) is 4.98. The van der Waals surface area contributed by atoms with Gasteiger partial charge >= 0.3 is 5.97 Å². The molecule has 1 N–H and O–H groups in total. The highest BCUT2D eigenvalue weighted by Crippen LogP contribution is 2.34. The van der Waals surface area contributed by atoms with E-state index in [0.717, 1.165) is 5.69 Å². The Hall–Kier alpha value is -1.91. The number of methoxy groups -OCH3 is 1. The number of aliphatic carboxylic acids is 1. The first kappa shape index (κ1) is 10.6. The van der Waals surface area contributed by atoms with Gasteiger partial charge in [0, 0.05) is 6.07 Å².